The predicted octanol–water partition coefficient (Wildman–Crippen LogP) is 1.22. The summed E-state index contributed by atoms with van der Waals surface area (Å²) in [5, 5.41) is 22.3. The van der Waals surface area contributed by atoms with Crippen LogP contribution in [0.4, 0.5) is 4.39 Å². The van der Waals surface area contributed by atoms with Gasteiger partial charge in [0, 0.05) is 5.56 Å². The van der Waals surface area contributed by atoms with Crippen molar-refractivity contribution in [1.82, 2.24) is 5.32 Å². The van der Waals surface area contributed by atoms with Gasteiger partial charge in [0.15, 0.2) is 0 Å². The van der Waals surface area contributed by atoms with Crippen LogP contribution < -0.4 is 5.32 Å². The van der Waals surface area contributed by atoms with Crippen LogP contribution in [-0.2, 0) is 0 Å². The van der Waals surface area contributed by atoms with Crippen LogP contribution >= 0.6 is 0 Å². The molecule has 1 amide bonds. The first-order valence-electron chi connectivity index (χ1n) is 6.50. The largest absolute Gasteiger partial charge is 0.390 e. The molecule has 0 radical (unpaired) electrons. The van der Waals surface area contributed by atoms with Crippen molar-refractivity contribution >= 4 is 5.91 Å². The van der Waals surface area contributed by atoms with Crippen molar-refractivity contribution < 1.29 is 19.4 Å². The molecule has 5 heteroatoms. The molecule has 1 fully saturated rings. The van der Waals surface area contributed by atoms with Crippen LogP contribution in [0.5, 0.6) is 0 Å². The van der Waals surface area contributed by atoms with E-state index in [0.29, 0.717) is 18.4 Å². The molecule has 1 saturated carbocycles. The maximum absolute atomic E-state index is 12.8. The molecular formula is C14H18FNO3. The third-order valence-corrected chi connectivity index (χ3v) is 3.49. The lowest BCUT2D eigenvalue weighted by molar-refractivity contribution is -0.00124. The summed E-state index contributed by atoms with van der Waals surface area (Å²) in [4.78, 5) is 12.0. The number of amides is 1. The predicted molar refractivity (Wildman–Crippen MR) is 68.1 cm³/mol. The SMILES string of the molecule is O=C(N[C@@H]1CCCC[C@@H](O)[C@@H]1O)c1ccc(F)cc1. The number of benzene rings is 1. The van der Waals surface area contributed by atoms with Crippen molar-refractivity contribution in [3.63, 3.8) is 0 Å². The van der Waals surface area contributed by atoms with Crippen molar-refractivity contribution in [3.8, 4) is 0 Å². The fourth-order valence-corrected chi connectivity index (χ4v) is 2.34. The quantitative estimate of drug-likeness (QED) is 0.706. The van der Waals surface area contributed by atoms with Gasteiger partial charge in [-0.2, -0.15) is 0 Å². The van der Waals surface area contributed by atoms with Crippen molar-refractivity contribution in [2.24, 2.45) is 0 Å². The Morgan fingerprint density at radius 2 is 1.79 bits per heavy atom. The number of carbonyl (C=O) groups is 1. The van der Waals surface area contributed by atoms with Gasteiger partial charge in [0.25, 0.3) is 5.91 Å². The highest BCUT2D eigenvalue weighted by atomic mass is 19.1. The van der Waals surface area contributed by atoms with Gasteiger partial charge in [-0.05, 0) is 37.1 Å². The lowest BCUT2D eigenvalue weighted by Crippen LogP contribution is -2.47. The average Bonchev–Trinajstić information content (AvgIpc) is 2.55. The molecule has 104 valence electrons. The minimum absolute atomic E-state index is 0.340. The summed E-state index contributed by atoms with van der Waals surface area (Å²) >= 11 is 0. The Labute approximate surface area is 111 Å². The molecule has 0 bridgehead atoms. The molecule has 0 heterocycles. The number of aliphatic hydroxyl groups is 2. The molecule has 0 aromatic heterocycles. The van der Waals surface area contributed by atoms with Crippen molar-refractivity contribution in [2.75, 3.05) is 0 Å². The Balaban J connectivity index is 2.02. The molecule has 4 nitrogen and oxygen atoms in total. The maximum atomic E-state index is 12.8. The highest BCUT2D eigenvalue weighted by Gasteiger charge is 2.29. The van der Waals surface area contributed by atoms with E-state index < -0.39 is 24.1 Å². The molecule has 3 N–H and O–H groups in total. The van der Waals surface area contributed by atoms with Gasteiger partial charge in [-0.1, -0.05) is 12.8 Å². The van der Waals surface area contributed by atoms with E-state index >= 15 is 0 Å². The second-order valence-electron chi connectivity index (χ2n) is 4.93. The fourth-order valence-electron chi connectivity index (χ4n) is 2.34. The molecule has 0 aliphatic heterocycles. The first-order chi connectivity index (χ1) is 9.08. The minimum atomic E-state index is -0.952. The third kappa shape index (κ3) is 3.52. The first-order valence-corrected chi connectivity index (χ1v) is 6.50. The highest BCUT2D eigenvalue weighted by molar-refractivity contribution is 5.94. The van der Waals surface area contributed by atoms with Crippen LogP contribution in [0, 0.1) is 5.82 Å². The Morgan fingerprint density at radius 1 is 1.16 bits per heavy atom. The summed E-state index contributed by atoms with van der Waals surface area (Å²) in [5.74, 6) is -0.764. The number of aliphatic hydroxyl groups excluding tert-OH is 2. The van der Waals surface area contributed by atoms with E-state index in [4.69, 9.17) is 0 Å². The van der Waals surface area contributed by atoms with Crippen molar-refractivity contribution in [1.29, 1.82) is 0 Å². The third-order valence-electron chi connectivity index (χ3n) is 3.49. The number of hydrogen-bond acceptors (Lipinski definition) is 3. The monoisotopic (exact) mass is 267 g/mol. The number of nitrogens with one attached hydrogen (secondary N) is 1. The van der Waals surface area contributed by atoms with Gasteiger partial charge in [0.2, 0.25) is 0 Å². The zero-order chi connectivity index (χ0) is 13.8. The summed E-state index contributed by atoms with van der Waals surface area (Å²) in [6.45, 7) is 0. The molecule has 0 saturated heterocycles. The zero-order valence-corrected chi connectivity index (χ0v) is 10.6. The summed E-state index contributed by atoms with van der Waals surface area (Å²) in [5.41, 5.74) is 0.340. The molecule has 0 spiro atoms. The number of carbonyl (C=O) groups excluding carboxylic acids is 1. The summed E-state index contributed by atoms with van der Waals surface area (Å²) in [6.07, 6.45) is 1.10. The molecular weight excluding hydrogens is 249 g/mol. The zero-order valence-electron chi connectivity index (χ0n) is 10.6. The lowest BCUT2D eigenvalue weighted by atomic mass is 10.0. The number of rotatable bonds is 2. The summed E-state index contributed by atoms with van der Waals surface area (Å²) in [7, 11) is 0. The Hall–Kier alpha value is -1.46. The number of halogens is 1. The highest BCUT2D eigenvalue weighted by Crippen LogP contribution is 2.19. The molecule has 1 aliphatic carbocycles. The number of hydrogen-bond donors (Lipinski definition) is 3. The van der Waals surface area contributed by atoms with E-state index in [1.165, 1.54) is 24.3 Å². The normalized spacial score (nSPS) is 27.6. The molecule has 1 aromatic carbocycles. The van der Waals surface area contributed by atoms with E-state index in [0.717, 1.165) is 12.8 Å². The average molecular weight is 267 g/mol. The van der Waals surface area contributed by atoms with Gasteiger partial charge >= 0.3 is 0 Å². The van der Waals surface area contributed by atoms with Crippen LogP contribution in [0.2, 0.25) is 0 Å². The van der Waals surface area contributed by atoms with E-state index in [9.17, 15) is 19.4 Å². The molecule has 1 aromatic rings. The topological polar surface area (TPSA) is 69.6 Å². The molecule has 3 atom stereocenters. The second kappa shape index (κ2) is 6.12. The smallest absolute Gasteiger partial charge is 0.251 e. The minimum Gasteiger partial charge on any atom is -0.390 e. The van der Waals surface area contributed by atoms with Gasteiger partial charge in [-0.3, -0.25) is 4.79 Å². The summed E-state index contributed by atoms with van der Waals surface area (Å²) < 4.78 is 12.8. The fraction of sp³-hybridized carbons (Fsp3) is 0.500. The van der Waals surface area contributed by atoms with E-state index in [-0.39, 0.29) is 5.91 Å². The Bertz CT molecular complexity index is 435. The van der Waals surface area contributed by atoms with Crippen LogP contribution in [0.15, 0.2) is 24.3 Å². The lowest BCUT2D eigenvalue weighted by Gasteiger charge is -2.24. The standard InChI is InChI=1S/C14H18FNO3/c15-10-7-5-9(6-8-10)14(19)16-11-3-1-2-4-12(17)13(11)18/h5-8,11-13,17-18H,1-4H2,(H,16,19)/t11-,12-,13-/m1/s1. The molecule has 0 unspecified atom stereocenters. The molecule has 2 rings (SSSR count). The maximum Gasteiger partial charge on any atom is 0.251 e. The van der Waals surface area contributed by atoms with E-state index in [1.54, 1.807) is 0 Å². The second-order valence-corrected chi connectivity index (χ2v) is 4.93. The van der Waals surface area contributed by atoms with Gasteiger partial charge in [0.1, 0.15) is 5.82 Å². The van der Waals surface area contributed by atoms with Gasteiger partial charge in [0.05, 0.1) is 18.2 Å². The molecule has 1 aliphatic rings. The van der Waals surface area contributed by atoms with Crippen molar-refractivity contribution in [2.45, 2.75) is 43.9 Å². The van der Waals surface area contributed by atoms with Crippen LogP contribution in [-0.4, -0.2) is 34.4 Å². The van der Waals surface area contributed by atoms with Crippen LogP contribution in [0.25, 0.3) is 0 Å². The van der Waals surface area contributed by atoms with Crippen molar-refractivity contribution in [3.05, 3.63) is 35.6 Å². The van der Waals surface area contributed by atoms with Crippen LogP contribution in [0.1, 0.15) is 36.0 Å². The van der Waals surface area contributed by atoms with E-state index in [1.807, 2.05) is 0 Å². The molecule has 19 heavy (non-hydrogen) atoms. The van der Waals surface area contributed by atoms with Gasteiger partial charge < -0.3 is 15.5 Å². The first kappa shape index (κ1) is 14.0. The van der Waals surface area contributed by atoms with E-state index in [2.05, 4.69) is 5.32 Å². The van der Waals surface area contributed by atoms with Gasteiger partial charge in [-0.15, -0.1) is 0 Å². The van der Waals surface area contributed by atoms with Crippen LogP contribution in [0.3, 0.4) is 0 Å². The Morgan fingerprint density at radius 3 is 2.47 bits per heavy atom. The Kier molecular flexibility index (Phi) is 4.50. The summed E-state index contributed by atoms with van der Waals surface area (Å²) in [6, 6.07) is 4.75. The van der Waals surface area contributed by atoms with Gasteiger partial charge in [-0.25, -0.2) is 4.39 Å².